The topological polar surface area (TPSA) is 72.2 Å². The number of nitrogens with two attached hydrogens (primary N) is 1. The van der Waals surface area contributed by atoms with Crippen LogP contribution in [-0.2, 0) is 10.0 Å². The first-order chi connectivity index (χ1) is 8.79. The van der Waals surface area contributed by atoms with Crippen molar-refractivity contribution >= 4 is 27.2 Å². The minimum absolute atomic E-state index is 0.00647. The Balaban J connectivity index is 2.96. The highest BCUT2D eigenvalue weighted by Crippen LogP contribution is 2.19. The van der Waals surface area contributed by atoms with Gasteiger partial charge in [-0.25, -0.2) is 13.1 Å². The van der Waals surface area contributed by atoms with Crippen LogP contribution >= 0.6 is 12.2 Å². The Labute approximate surface area is 120 Å². The van der Waals surface area contributed by atoms with Crippen molar-refractivity contribution in [3.8, 4) is 0 Å². The summed E-state index contributed by atoms with van der Waals surface area (Å²) in [4.78, 5) is 0.00647. The van der Waals surface area contributed by atoms with E-state index in [1.165, 1.54) is 0 Å². The zero-order valence-corrected chi connectivity index (χ0v) is 13.0. The maximum Gasteiger partial charge on any atom is 0.221 e. The summed E-state index contributed by atoms with van der Waals surface area (Å²) in [6.07, 6.45) is 0.366. The molecule has 3 N–H and O–H groups in total. The molecular formula is C13H20N2O2S2. The van der Waals surface area contributed by atoms with Gasteiger partial charge < -0.3 is 5.73 Å². The minimum atomic E-state index is -3.55. The van der Waals surface area contributed by atoms with Crippen molar-refractivity contribution in [3.63, 3.8) is 0 Å². The van der Waals surface area contributed by atoms with Crippen LogP contribution in [-0.4, -0.2) is 18.7 Å². The van der Waals surface area contributed by atoms with Gasteiger partial charge in [-0.05, 0) is 31.4 Å². The summed E-state index contributed by atoms with van der Waals surface area (Å²) in [7, 11) is -3.55. The van der Waals surface area contributed by atoms with Crippen molar-refractivity contribution in [2.45, 2.75) is 38.5 Å². The van der Waals surface area contributed by atoms with Crippen LogP contribution in [0.25, 0.3) is 0 Å². The highest BCUT2D eigenvalue weighted by atomic mass is 32.2. The van der Waals surface area contributed by atoms with Crippen molar-refractivity contribution in [3.05, 3.63) is 35.4 Å². The molecule has 1 aromatic carbocycles. The normalized spacial score (nSPS) is 14.9. The van der Waals surface area contributed by atoms with Crippen LogP contribution in [0, 0.1) is 6.92 Å². The highest BCUT2D eigenvalue weighted by molar-refractivity contribution is 7.93. The number of rotatable bonds is 6. The lowest BCUT2D eigenvalue weighted by molar-refractivity contribution is 0.559. The molecule has 1 rings (SSSR count). The van der Waals surface area contributed by atoms with Gasteiger partial charge in [-0.2, -0.15) is 0 Å². The first-order valence-corrected chi connectivity index (χ1v) is 8.11. The van der Waals surface area contributed by atoms with Crippen molar-refractivity contribution in [2.75, 3.05) is 0 Å². The Morgan fingerprint density at radius 1 is 1.42 bits per heavy atom. The van der Waals surface area contributed by atoms with Gasteiger partial charge in [0.1, 0.15) is 5.25 Å². The molecule has 0 heterocycles. The number of benzene rings is 1. The van der Waals surface area contributed by atoms with Crippen LogP contribution in [0.4, 0.5) is 0 Å². The van der Waals surface area contributed by atoms with Gasteiger partial charge in [-0.15, -0.1) is 0 Å². The Morgan fingerprint density at radius 2 is 2.00 bits per heavy atom. The molecule has 0 saturated heterocycles. The van der Waals surface area contributed by atoms with Gasteiger partial charge in [-0.1, -0.05) is 43.4 Å². The lowest BCUT2D eigenvalue weighted by atomic mass is 10.0. The molecule has 0 aromatic heterocycles. The van der Waals surface area contributed by atoms with Gasteiger partial charge in [0.2, 0.25) is 10.0 Å². The largest absolute Gasteiger partial charge is 0.392 e. The maximum absolute atomic E-state index is 12.2. The van der Waals surface area contributed by atoms with E-state index in [4.69, 9.17) is 18.0 Å². The average molecular weight is 300 g/mol. The third-order valence-corrected chi connectivity index (χ3v) is 5.51. The van der Waals surface area contributed by atoms with E-state index in [9.17, 15) is 8.42 Å². The van der Waals surface area contributed by atoms with E-state index in [-0.39, 0.29) is 11.0 Å². The SMILES string of the molecule is CCC(C(N)=S)S(=O)(=O)NC(C)c1ccccc1C. The first-order valence-electron chi connectivity index (χ1n) is 6.15. The standard InChI is InChI=1S/C13H20N2O2S2/c1-4-12(13(14)18)19(16,17)15-10(3)11-8-6-5-7-9(11)2/h5-8,10,12,15H,4H2,1-3H3,(H2,14,18). The molecular weight excluding hydrogens is 280 g/mol. The van der Waals surface area contributed by atoms with Crippen molar-refractivity contribution in [2.24, 2.45) is 5.73 Å². The fourth-order valence-corrected chi connectivity index (χ4v) is 4.11. The van der Waals surface area contributed by atoms with Crippen LogP contribution in [0.3, 0.4) is 0 Å². The zero-order chi connectivity index (χ0) is 14.6. The molecule has 6 heteroatoms. The second kappa shape index (κ2) is 6.45. The highest BCUT2D eigenvalue weighted by Gasteiger charge is 2.28. The molecule has 0 aliphatic rings. The smallest absolute Gasteiger partial charge is 0.221 e. The van der Waals surface area contributed by atoms with Crippen LogP contribution in [0.2, 0.25) is 0 Å². The molecule has 0 saturated carbocycles. The van der Waals surface area contributed by atoms with Crippen molar-refractivity contribution < 1.29 is 8.42 Å². The predicted octanol–water partition coefficient (Wildman–Crippen LogP) is 2.04. The van der Waals surface area contributed by atoms with Gasteiger partial charge >= 0.3 is 0 Å². The number of thiocarbonyl (C=S) groups is 1. The number of sulfonamides is 1. The molecule has 4 nitrogen and oxygen atoms in total. The molecule has 0 amide bonds. The lowest BCUT2D eigenvalue weighted by Crippen LogP contribution is -2.42. The van der Waals surface area contributed by atoms with E-state index in [0.717, 1.165) is 11.1 Å². The van der Waals surface area contributed by atoms with Gasteiger partial charge in [0, 0.05) is 6.04 Å². The Bertz CT molecular complexity index is 556. The van der Waals surface area contributed by atoms with Gasteiger partial charge in [-0.3, -0.25) is 0 Å². The summed E-state index contributed by atoms with van der Waals surface area (Å²) >= 11 is 4.82. The third-order valence-electron chi connectivity index (χ3n) is 3.06. The molecule has 19 heavy (non-hydrogen) atoms. The molecule has 2 unspecified atom stereocenters. The first kappa shape index (κ1) is 16.1. The molecule has 0 bridgehead atoms. The number of hydrogen-bond donors (Lipinski definition) is 2. The monoisotopic (exact) mass is 300 g/mol. The lowest BCUT2D eigenvalue weighted by Gasteiger charge is -2.20. The number of hydrogen-bond acceptors (Lipinski definition) is 3. The predicted molar refractivity (Wildman–Crippen MR) is 82.5 cm³/mol. The van der Waals surface area contributed by atoms with Crippen LogP contribution in [0.15, 0.2) is 24.3 Å². The Kier molecular flexibility index (Phi) is 5.46. The van der Waals surface area contributed by atoms with Gasteiger partial charge in [0.15, 0.2) is 0 Å². The summed E-state index contributed by atoms with van der Waals surface area (Å²) in [6.45, 7) is 5.51. The van der Waals surface area contributed by atoms with E-state index in [1.54, 1.807) is 6.92 Å². The van der Waals surface area contributed by atoms with Crippen LogP contribution in [0.1, 0.15) is 37.4 Å². The van der Waals surface area contributed by atoms with E-state index in [0.29, 0.717) is 6.42 Å². The quantitative estimate of drug-likeness (QED) is 0.789. The maximum atomic E-state index is 12.2. The molecule has 2 atom stereocenters. The molecule has 0 fully saturated rings. The zero-order valence-electron chi connectivity index (χ0n) is 11.4. The van der Waals surface area contributed by atoms with Gasteiger partial charge in [0.05, 0.1) is 4.99 Å². The van der Waals surface area contributed by atoms with Gasteiger partial charge in [0.25, 0.3) is 0 Å². The number of nitrogens with one attached hydrogen (secondary N) is 1. The van der Waals surface area contributed by atoms with Crippen LogP contribution < -0.4 is 10.5 Å². The van der Waals surface area contributed by atoms with E-state index < -0.39 is 15.3 Å². The van der Waals surface area contributed by atoms with Crippen molar-refractivity contribution in [1.82, 2.24) is 4.72 Å². The number of aryl methyl sites for hydroxylation is 1. The second-order valence-corrected chi connectivity index (χ2v) is 6.91. The third kappa shape index (κ3) is 3.99. The molecule has 1 aromatic rings. The average Bonchev–Trinajstić information content (AvgIpc) is 2.28. The summed E-state index contributed by atoms with van der Waals surface area (Å²) in [5.74, 6) is 0. The second-order valence-electron chi connectivity index (χ2n) is 4.54. The van der Waals surface area contributed by atoms with E-state index in [2.05, 4.69) is 4.72 Å². The molecule has 0 aliphatic heterocycles. The summed E-state index contributed by atoms with van der Waals surface area (Å²) in [6, 6.07) is 7.35. The molecule has 0 spiro atoms. The molecule has 0 aliphatic carbocycles. The fourth-order valence-electron chi connectivity index (χ4n) is 2.04. The Hall–Kier alpha value is -0.980. The fraction of sp³-hybridized carbons (Fsp3) is 0.462. The summed E-state index contributed by atoms with van der Waals surface area (Å²) < 4.78 is 27.1. The van der Waals surface area contributed by atoms with E-state index >= 15 is 0 Å². The van der Waals surface area contributed by atoms with Crippen LogP contribution in [0.5, 0.6) is 0 Å². The summed E-state index contributed by atoms with van der Waals surface area (Å²) in [5, 5.41) is -0.825. The molecule has 0 radical (unpaired) electrons. The molecule has 106 valence electrons. The van der Waals surface area contributed by atoms with E-state index in [1.807, 2.05) is 38.1 Å². The van der Waals surface area contributed by atoms with Crippen molar-refractivity contribution in [1.29, 1.82) is 0 Å². The summed E-state index contributed by atoms with van der Waals surface area (Å²) in [5.41, 5.74) is 7.48. The Morgan fingerprint density at radius 3 is 2.47 bits per heavy atom. The minimum Gasteiger partial charge on any atom is -0.392 e.